The monoisotopic (exact) mass is 410 g/mol. The van der Waals surface area contributed by atoms with Crippen molar-refractivity contribution in [1.29, 1.82) is 0 Å². The van der Waals surface area contributed by atoms with Gasteiger partial charge in [-0.3, -0.25) is 24.6 Å². The van der Waals surface area contributed by atoms with E-state index in [9.17, 15) is 14.9 Å². The van der Waals surface area contributed by atoms with Gasteiger partial charge in [0.05, 0.1) is 11.5 Å². The molecule has 1 aliphatic rings. The van der Waals surface area contributed by atoms with Gasteiger partial charge in [0.2, 0.25) is 0 Å². The zero-order valence-corrected chi connectivity index (χ0v) is 16.1. The Balaban J connectivity index is 1.50. The molecular formula is C19H18N6O3S. The lowest BCUT2D eigenvalue weighted by Crippen LogP contribution is -2.24. The van der Waals surface area contributed by atoms with Crippen LogP contribution in [0, 0.1) is 14.9 Å². The molecular weight excluding hydrogens is 392 g/mol. The summed E-state index contributed by atoms with van der Waals surface area (Å²) in [4.78, 5) is 23.5. The highest BCUT2D eigenvalue weighted by molar-refractivity contribution is 7.71. The number of rotatable bonds is 7. The van der Waals surface area contributed by atoms with E-state index in [0.717, 1.165) is 18.5 Å². The third-order valence-electron chi connectivity index (χ3n) is 4.61. The van der Waals surface area contributed by atoms with Gasteiger partial charge in [0.1, 0.15) is 5.69 Å². The third-order valence-corrected chi connectivity index (χ3v) is 4.89. The Labute approximate surface area is 170 Å². The van der Waals surface area contributed by atoms with E-state index < -0.39 is 10.8 Å². The van der Waals surface area contributed by atoms with Crippen LogP contribution >= 0.6 is 12.2 Å². The van der Waals surface area contributed by atoms with E-state index in [1.54, 1.807) is 18.2 Å². The molecule has 9 nitrogen and oxygen atoms in total. The van der Waals surface area contributed by atoms with Crippen LogP contribution in [0.25, 0.3) is 0 Å². The summed E-state index contributed by atoms with van der Waals surface area (Å²) in [5.74, 6) is 0.221. The summed E-state index contributed by atoms with van der Waals surface area (Å²) in [6.07, 6.45) is 2.08. The molecule has 0 atom stereocenters. The van der Waals surface area contributed by atoms with Crippen LogP contribution in [0.4, 0.5) is 17.1 Å². The maximum Gasteiger partial charge on any atom is 0.293 e. The van der Waals surface area contributed by atoms with Crippen molar-refractivity contribution < 1.29 is 9.72 Å². The number of carbonyl (C=O) groups excluding carboxylic acids is 1. The van der Waals surface area contributed by atoms with Gasteiger partial charge in [-0.2, -0.15) is 5.10 Å². The van der Waals surface area contributed by atoms with E-state index in [2.05, 4.69) is 20.8 Å². The highest BCUT2D eigenvalue weighted by Gasteiger charge is 2.27. The van der Waals surface area contributed by atoms with Crippen LogP contribution in [0.1, 0.15) is 35.1 Å². The van der Waals surface area contributed by atoms with E-state index >= 15 is 0 Å². The van der Waals surface area contributed by atoms with Gasteiger partial charge in [0.25, 0.3) is 11.6 Å². The highest BCUT2D eigenvalue weighted by Crippen LogP contribution is 2.35. The minimum atomic E-state index is -0.514. The molecule has 148 valence electrons. The van der Waals surface area contributed by atoms with Gasteiger partial charge in [-0.15, -0.1) is 0 Å². The van der Waals surface area contributed by atoms with Crippen molar-refractivity contribution in [1.82, 2.24) is 20.1 Å². The Morgan fingerprint density at radius 1 is 1.28 bits per heavy atom. The number of aromatic nitrogens is 3. The number of hydrogen-bond acceptors (Lipinski definition) is 6. The van der Waals surface area contributed by atoms with Crippen molar-refractivity contribution in [3.05, 3.63) is 74.8 Å². The largest absolute Gasteiger partial charge is 0.350 e. The number of hydrogen-bond donors (Lipinski definition) is 3. The fraction of sp³-hybridized carbons (Fsp3) is 0.211. The number of nitro groups is 1. The minimum Gasteiger partial charge on any atom is -0.350 e. The molecule has 29 heavy (non-hydrogen) atoms. The van der Waals surface area contributed by atoms with E-state index in [0.29, 0.717) is 22.3 Å². The zero-order valence-electron chi connectivity index (χ0n) is 15.3. The van der Waals surface area contributed by atoms with Crippen molar-refractivity contribution in [2.45, 2.75) is 25.4 Å². The average molecular weight is 410 g/mol. The molecule has 1 aromatic heterocycles. The molecule has 0 aliphatic heterocycles. The molecule has 0 bridgehead atoms. The number of aromatic amines is 1. The van der Waals surface area contributed by atoms with Crippen LogP contribution in [0.15, 0.2) is 48.5 Å². The lowest BCUT2D eigenvalue weighted by atomic mass is 10.1. The molecule has 0 spiro atoms. The number of carbonyl (C=O) groups is 1. The van der Waals surface area contributed by atoms with Gasteiger partial charge in [0, 0.05) is 23.4 Å². The third kappa shape index (κ3) is 4.16. The fourth-order valence-corrected chi connectivity index (χ4v) is 3.34. The number of nitrogens with zero attached hydrogens (tertiary/aromatic N) is 3. The molecule has 3 aromatic rings. The summed E-state index contributed by atoms with van der Waals surface area (Å²) in [5.41, 5.74) is 1.05. The van der Waals surface area contributed by atoms with Crippen molar-refractivity contribution in [2.24, 2.45) is 0 Å². The number of nitro benzene ring substituents is 1. The molecule has 0 radical (unpaired) electrons. The van der Waals surface area contributed by atoms with Gasteiger partial charge in [-0.25, -0.2) is 0 Å². The quantitative estimate of drug-likeness (QED) is 0.309. The molecule has 1 amide bonds. The maximum absolute atomic E-state index is 12.5. The normalized spacial score (nSPS) is 13.1. The zero-order chi connectivity index (χ0) is 20.4. The topological polar surface area (TPSA) is 118 Å². The summed E-state index contributed by atoms with van der Waals surface area (Å²) in [6, 6.07) is 13.8. The van der Waals surface area contributed by atoms with Gasteiger partial charge in [-0.05, 0) is 49.3 Å². The first-order valence-electron chi connectivity index (χ1n) is 9.07. The van der Waals surface area contributed by atoms with Gasteiger partial charge < -0.3 is 10.6 Å². The molecule has 3 N–H and O–H groups in total. The number of para-hydroxylation sites is 1. The number of benzene rings is 2. The first-order valence-corrected chi connectivity index (χ1v) is 9.48. The van der Waals surface area contributed by atoms with E-state index in [-0.39, 0.29) is 17.8 Å². The van der Waals surface area contributed by atoms with Crippen LogP contribution in [0.5, 0.6) is 0 Å². The smallest absolute Gasteiger partial charge is 0.293 e. The second-order valence-corrected chi connectivity index (χ2v) is 7.10. The van der Waals surface area contributed by atoms with E-state index in [1.807, 2.05) is 22.8 Å². The molecule has 0 saturated heterocycles. The van der Waals surface area contributed by atoms with Crippen molar-refractivity contribution in [3.63, 3.8) is 0 Å². The van der Waals surface area contributed by atoms with E-state index in [4.69, 9.17) is 12.2 Å². The van der Waals surface area contributed by atoms with Crippen molar-refractivity contribution in [3.8, 4) is 0 Å². The molecule has 4 rings (SSSR count). The van der Waals surface area contributed by atoms with Crippen LogP contribution in [-0.4, -0.2) is 25.6 Å². The SMILES string of the molecule is O=C(NCc1n[nH]c(=S)n1C1CC1)c1ccc(Nc2ccccc2)c([N+](=O)[O-])c1. The molecule has 10 heteroatoms. The lowest BCUT2D eigenvalue weighted by molar-refractivity contribution is -0.383. The number of H-pyrrole nitrogens is 1. The maximum atomic E-state index is 12.5. The van der Waals surface area contributed by atoms with Crippen molar-refractivity contribution in [2.75, 3.05) is 5.32 Å². The Hall–Kier alpha value is -3.53. The fourth-order valence-electron chi connectivity index (χ4n) is 3.04. The predicted octanol–water partition coefficient (Wildman–Crippen LogP) is 3.86. The minimum absolute atomic E-state index is 0.179. The van der Waals surface area contributed by atoms with Gasteiger partial charge in [0.15, 0.2) is 10.6 Å². The summed E-state index contributed by atoms with van der Waals surface area (Å²) in [6.45, 7) is 0.181. The molecule has 0 unspecified atom stereocenters. The summed E-state index contributed by atoms with van der Waals surface area (Å²) >= 11 is 5.23. The molecule has 1 heterocycles. The van der Waals surface area contributed by atoms with Gasteiger partial charge >= 0.3 is 0 Å². The van der Waals surface area contributed by atoms with Crippen LogP contribution in [0.2, 0.25) is 0 Å². The number of amides is 1. The van der Waals surface area contributed by atoms with E-state index in [1.165, 1.54) is 12.1 Å². The van der Waals surface area contributed by atoms with Gasteiger partial charge in [-0.1, -0.05) is 18.2 Å². The Bertz CT molecular complexity index is 1120. The van der Waals surface area contributed by atoms with Crippen LogP contribution in [-0.2, 0) is 6.54 Å². The van der Waals surface area contributed by atoms with Crippen LogP contribution in [0.3, 0.4) is 0 Å². The highest BCUT2D eigenvalue weighted by atomic mass is 32.1. The summed E-state index contributed by atoms with van der Waals surface area (Å²) in [5, 5.41) is 24.2. The Morgan fingerprint density at radius 2 is 2.03 bits per heavy atom. The Kier molecular flexibility index (Phi) is 5.09. The first kappa shape index (κ1) is 18.8. The summed E-state index contributed by atoms with van der Waals surface area (Å²) in [7, 11) is 0. The van der Waals surface area contributed by atoms with Crippen LogP contribution < -0.4 is 10.6 Å². The molecule has 1 saturated carbocycles. The molecule has 2 aromatic carbocycles. The Morgan fingerprint density at radius 3 is 2.72 bits per heavy atom. The average Bonchev–Trinajstić information content (AvgIpc) is 3.49. The predicted molar refractivity (Wildman–Crippen MR) is 110 cm³/mol. The molecule has 1 aliphatic carbocycles. The number of nitrogens with one attached hydrogen (secondary N) is 3. The first-order chi connectivity index (χ1) is 14.0. The second-order valence-electron chi connectivity index (χ2n) is 6.71. The van der Waals surface area contributed by atoms with Crippen molar-refractivity contribution >= 4 is 35.2 Å². The number of anilines is 2. The second kappa shape index (κ2) is 7.84. The standard InChI is InChI=1S/C19H18N6O3S/c26-18(20-11-17-22-23-19(29)24(17)14-7-8-14)12-6-9-15(16(10-12)25(27)28)21-13-4-2-1-3-5-13/h1-6,9-10,14,21H,7-8,11H2,(H,20,26)(H,23,29). The lowest BCUT2D eigenvalue weighted by Gasteiger charge is -2.10. The molecule has 1 fully saturated rings. The summed E-state index contributed by atoms with van der Waals surface area (Å²) < 4.78 is 2.44.